The van der Waals surface area contributed by atoms with Crippen molar-refractivity contribution in [1.82, 2.24) is 0 Å². The SMILES string of the molecule is CC(CN)(CF)c1ccc2occc2c1. The van der Waals surface area contributed by atoms with Crippen LogP contribution in [0.1, 0.15) is 12.5 Å². The lowest BCUT2D eigenvalue weighted by Crippen LogP contribution is -2.33. The van der Waals surface area contributed by atoms with E-state index in [9.17, 15) is 4.39 Å². The van der Waals surface area contributed by atoms with Crippen molar-refractivity contribution in [2.75, 3.05) is 13.2 Å². The third kappa shape index (κ3) is 1.63. The lowest BCUT2D eigenvalue weighted by molar-refractivity contribution is 0.334. The zero-order valence-electron chi connectivity index (χ0n) is 8.66. The monoisotopic (exact) mass is 207 g/mol. The minimum Gasteiger partial charge on any atom is -0.464 e. The van der Waals surface area contributed by atoms with Gasteiger partial charge >= 0.3 is 0 Å². The van der Waals surface area contributed by atoms with Gasteiger partial charge in [0.1, 0.15) is 5.58 Å². The number of hydrogen-bond acceptors (Lipinski definition) is 2. The molecule has 80 valence electrons. The average Bonchev–Trinajstić information content (AvgIpc) is 2.74. The van der Waals surface area contributed by atoms with E-state index in [1.807, 2.05) is 31.2 Å². The average molecular weight is 207 g/mol. The van der Waals surface area contributed by atoms with E-state index in [1.165, 1.54) is 0 Å². The van der Waals surface area contributed by atoms with E-state index in [0.29, 0.717) is 6.54 Å². The Morgan fingerprint density at radius 2 is 2.20 bits per heavy atom. The van der Waals surface area contributed by atoms with Gasteiger partial charge < -0.3 is 10.2 Å². The fourth-order valence-corrected chi connectivity index (χ4v) is 1.59. The molecule has 1 aromatic carbocycles. The number of alkyl halides is 1. The summed E-state index contributed by atoms with van der Waals surface area (Å²) in [5, 5.41) is 0.987. The molecular formula is C12H14FNO. The third-order valence-electron chi connectivity index (χ3n) is 2.89. The molecule has 0 aliphatic carbocycles. The Kier molecular flexibility index (Phi) is 2.49. The van der Waals surface area contributed by atoms with Crippen molar-refractivity contribution in [2.24, 2.45) is 5.73 Å². The summed E-state index contributed by atoms with van der Waals surface area (Å²) in [6.07, 6.45) is 1.63. The molecule has 0 aliphatic heterocycles. The van der Waals surface area contributed by atoms with E-state index in [4.69, 9.17) is 10.2 Å². The summed E-state index contributed by atoms with van der Waals surface area (Å²) >= 11 is 0. The maximum Gasteiger partial charge on any atom is 0.133 e. The minimum absolute atomic E-state index is 0.298. The predicted octanol–water partition coefficient (Wildman–Crippen LogP) is 2.62. The molecule has 1 unspecified atom stereocenters. The predicted molar refractivity (Wildman–Crippen MR) is 58.6 cm³/mol. The van der Waals surface area contributed by atoms with Crippen molar-refractivity contribution in [2.45, 2.75) is 12.3 Å². The van der Waals surface area contributed by atoms with Crippen LogP contribution >= 0.6 is 0 Å². The van der Waals surface area contributed by atoms with Crippen molar-refractivity contribution in [1.29, 1.82) is 0 Å². The lowest BCUT2D eigenvalue weighted by atomic mass is 9.83. The number of benzene rings is 1. The van der Waals surface area contributed by atoms with Gasteiger partial charge in [-0.15, -0.1) is 0 Å². The molecule has 2 aromatic rings. The molecule has 1 atom stereocenters. The van der Waals surface area contributed by atoms with Crippen LogP contribution in [-0.2, 0) is 5.41 Å². The Labute approximate surface area is 87.9 Å². The number of hydrogen-bond donors (Lipinski definition) is 1. The molecule has 1 heterocycles. The zero-order chi connectivity index (χ0) is 10.9. The van der Waals surface area contributed by atoms with Crippen molar-refractivity contribution in [3.05, 3.63) is 36.1 Å². The summed E-state index contributed by atoms with van der Waals surface area (Å²) in [7, 11) is 0. The molecule has 0 spiro atoms. The first-order valence-corrected chi connectivity index (χ1v) is 4.93. The molecule has 3 heteroatoms. The molecule has 2 nitrogen and oxygen atoms in total. The molecule has 2 N–H and O–H groups in total. The van der Waals surface area contributed by atoms with Gasteiger partial charge in [0.15, 0.2) is 0 Å². The van der Waals surface area contributed by atoms with Crippen LogP contribution in [0, 0.1) is 0 Å². The highest BCUT2D eigenvalue weighted by atomic mass is 19.1. The molecular weight excluding hydrogens is 193 g/mol. The topological polar surface area (TPSA) is 39.2 Å². The maximum atomic E-state index is 13.0. The zero-order valence-corrected chi connectivity index (χ0v) is 8.66. The highest BCUT2D eigenvalue weighted by Gasteiger charge is 2.25. The Hall–Kier alpha value is -1.35. The molecule has 2 rings (SSSR count). The number of nitrogens with two attached hydrogens (primary N) is 1. The Balaban J connectivity index is 2.51. The molecule has 0 saturated heterocycles. The van der Waals surface area contributed by atoms with Crippen LogP contribution < -0.4 is 5.73 Å². The third-order valence-corrected chi connectivity index (χ3v) is 2.89. The highest BCUT2D eigenvalue weighted by Crippen LogP contribution is 2.27. The molecule has 0 radical (unpaired) electrons. The number of fused-ring (bicyclic) bond motifs is 1. The first-order valence-electron chi connectivity index (χ1n) is 4.93. The van der Waals surface area contributed by atoms with E-state index in [2.05, 4.69) is 0 Å². The van der Waals surface area contributed by atoms with Gasteiger partial charge in [-0.05, 0) is 23.8 Å². The summed E-state index contributed by atoms with van der Waals surface area (Å²) in [4.78, 5) is 0. The van der Waals surface area contributed by atoms with Crippen LogP contribution in [-0.4, -0.2) is 13.2 Å². The van der Waals surface area contributed by atoms with Crippen LogP contribution in [0.15, 0.2) is 34.9 Å². The summed E-state index contributed by atoms with van der Waals surface area (Å²) in [5.74, 6) is 0. The smallest absolute Gasteiger partial charge is 0.133 e. The summed E-state index contributed by atoms with van der Waals surface area (Å²) in [5.41, 5.74) is 6.75. The van der Waals surface area contributed by atoms with Gasteiger partial charge in [0.05, 0.1) is 12.9 Å². The standard InChI is InChI=1S/C12H14FNO/c1-12(7-13,8-14)10-2-3-11-9(6-10)4-5-15-11/h2-6H,7-8,14H2,1H3. The molecule has 0 fully saturated rings. The first-order chi connectivity index (χ1) is 7.19. The molecule has 0 amide bonds. The summed E-state index contributed by atoms with van der Waals surface area (Å²) < 4.78 is 18.2. The normalized spacial score (nSPS) is 15.4. The van der Waals surface area contributed by atoms with Gasteiger partial charge in [-0.2, -0.15) is 0 Å². The quantitative estimate of drug-likeness (QED) is 0.840. The highest BCUT2D eigenvalue weighted by molar-refractivity contribution is 5.78. The second-order valence-corrected chi connectivity index (χ2v) is 4.07. The number of halogens is 1. The van der Waals surface area contributed by atoms with Crippen LogP contribution in [0.3, 0.4) is 0 Å². The van der Waals surface area contributed by atoms with Crippen molar-refractivity contribution >= 4 is 11.0 Å². The van der Waals surface area contributed by atoms with Gasteiger partial charge in [0.2, 0.25) is 0 Å². The molecule has 0 aliphatic rings. The maximum absolute atomic E-state index is 13.0. The molecule has 15 heavy (non-hydrogen) atoms. The molecule has 0 saturated carbocycles. The summed E-state index contributed by atoms with van der Waals surface area (Å²) in [6.45, 7) is 1.67. The second-order valence-electron chi connectivity index (χ2n) is 4.07. The fourth-order valence-electron chi connectivity index (χ4n) is 1.59. The molecule has 1 aromatic heterocycles. The Bertz CT molecular complexity index is 459. The number of furan rings is 1. The Morgan fingerprint density at radius 3 is 2.87 bits per heavy atom. The van der Waals surface area contributed by atoms with Crippen molar-refractivity contribution in [3.8, 4) is 0 Å². The van der Waals surface area contributed by atoms with Crippen LogP contribution in [0.25, 0.3) is 11.0 Å². The van der Waals surface area contributed by atoms with Crippen LogP contribution in [0.4, 0.5) is 4.39 Å². The summed E-state index contributed by atoms with van der Waals surface area (Å²) in [6, 6.07) is 7.53. The lowest BCUT2D eigenvalue weighted by Gasteiger charge is -2.24. The van der Waals surface area contributed by atoms with E-state index >= 15 is 0 Å². The van der Waals surface area contributed by atoms with Gasteiger partial charge in [-0.3, -0.25) is 4.39 Å². The molecule has 0 bridgehead atoms. The van der Waals surface area contributed by atoms with Gasteiger partial charge in [-0.1, -0.05) is 13.0 Å². The van der Waals surface area contributed by atoms with Gasteiger partial charge in [0, 0.05) is 17.3 Å². The van der Waals surface area contributed by atoms with Crippen LogP contribution in [0.2, 0.25) is 0 Å². The Morgan fingerprint density at radius 1 is 1.40 bits per heavy atom. The van der Waals surface area contributed by atoms with E-state index < -0.39 is 12.1 Å². The van der Waals surface area contributed by atoms with Gasteiger partial charge in [0.25, 0.3) is 0 Å². The van der Waals surface area contributed by atoms with E-state index in [-0.39, 0.29) is 0 Å². The van der Waals surface area contributed by atoms with Crippen LogP contribution in [0.5, 0.6) is 0 Å². The minimum atomic E-state index is -0.592. The first kappa shape index (κ1) is 10.2. The van der Waals surface area contributed by atoms with E-state index in [1.54, 1.807) is 6.26 Å². The second kappa shape index (κ2) is 3.66. The fraction of sp³-hybridized carbons (Fsp3) is 0.333. The van der Waals surface area contributed by atoms with E-state index in [0.717, 1.165) is 16.5 Å². The largest absolute Gasteiger partial charge is 0.464 e. The number of rotatable bonds is 3. The van der Waals surface area contributed by atoms with Crippen molar-refractivity contribution < 1.29 is 8.81 Å². The van der Waals surface area contributed by atoms with Gasteiger partial charge in [-0.25, -0.2) is 0 Å². The van der Waals surface area contributed by atoms with Crippen molar-refractivity contribution in [3.63, 3.8) is 0 Å².